The van der Waals surface area contributed by atoms with Gasteiger partial charge >= 0.3 is 0 Å². The number of ether oxygens (including phenoxy) is 1. The fourth-order valence-corrected chi connectivity index (χ4v) is 4.68. The highest BCUT2D eigenvalue weighted by Gasteiger charge is 2.38. The monoisotopic (exact) mass is 357 g/mol. The predicted octanol–water partition coefficient (Wildman–Crippen LogP) is 2.57. The Hall–Kier alpha value is -1.76. The van der Waals surface area contributed by atoms with Gasteiger partial charge in [0.15, 0.2) is 0 Å². The number of likely N-dealkylation sites (tertiary alicyclic amines) is 1. The van der Waals surface area contributed by atoms with Gasteiger partial charge in [0.1, 0.15) is 0 Å². The third-order valence-corrected chi connectivity index (χ3v) is 6.16. The molecule has 4 heterocycles. The van der Waals surface area contributed by atoms with E-state index in [-0.39, 0.29) is 18.1 Å². The van der Waals surface area contributed by atoms with Crippen LogP contribution in [0.4, 0.5) is 0 Å². The molecule has 0 spiro atoms. The van der Waals surface area contributed by atoms with E-state index in [0.29, 0.717) is 0 Å². The van der Waals surface area contributed by atoms with Crippen LogP contribution in [0.5, 0.6) is 0 Å². The fourth-order valence-electron chi connectivity index (χ4n) is 3.78. The van der Waals surface area contributed by atoms with E-state index in [1.807, 2.05) is 35.5 Å². The molecule has 0 radical (unpaired) electrons. The Morgan fingerprint density at radius 2 is 2.32 bits per heavy atom. The first-order chi connectivity index (χ1) is 12.2. The van der Waals surface area contributed by atoms with Gasteiger partial charge in [-0.25, -0.2) is 0 Å². The quantitative estimate of drug-likeness (QED) is 0.847. The molecule has 2 aliphatic rings. The predicted molar refractivity (Wildman–Crippen MR) is 97.8 cm³/mol. The van der Waals surface area contributed by atoms with Crippen molar-refractivity contribution < 1.29 is 9.53 Å². The standard InChI is InChI=1S/C19H23N3O2S/c1-14-5-10-25-18(14)19(23)22-7-4-17-16(13-22)21(8-9-24-17)12-15-3-2-6-20-11-15/h2-3,5-6,10-11,16-17H,4,7-9,12-13H2,1H3/t16-,17+/m1/s1. The van der Waals surface area contributed by atoms with Crippen LogP contribution in [0.2, 0.25) is 0 Å². The molecular formula is C19H23N3O2S. The Kier molecular flexibility index (Phi) is 4.83. The Balaban J connectivity index is 1.49. The highest BCUT2D eigenvalue weighted by Crippen LogP contribution is 2.27. The lowest BCUT2D eigenvalue weighted by molar-refractivity contribution is -0.101. The van der Waals surface area contributed by atoms with Gasteiger partial charge in [-0.2, -0.15) is 0 Å². The maximum absolute atomic E-state index is 12.9. The highest BCUT2D eigenvalue weighted by atomic mass is 32.1. The van der Waals surface area contributed by atoms with Gasteiger partial charge in [0.2, 0.25) is 0 Å². The first-order valence-electron chi connectivity index (χ1n) is 8.80. The lowest BCUT2D eigenvalue weighted by Crippen LogP contribution is -2.60. The number of nitrogens with zero attached hydrogens (tertiary/aromatic N) is 3. The van der Waals surface area contributed by atoms with Gasteiger partial charge in [0, 0.05) is 38.6 Å². The van der Waals surface area contributed by atoms with E-state index in [4.69, 9.17) is 4.74 Å². The summed E-state index contributed by atoms with van der Waals surface area (Å²) in [6.07, 6.45) is 4.85. The largest absolute Gasteiger partial charge is 0.375 e. The summed E-state index contributed by atoms with van der Waals surface area (Å²) in [5, 5.41) is 1.99. The normalized spacial score (nSPS) is 24.1. The van der Waals surface area contributed by atoms with Crippen LogP contribution in [0, 0.1) is 6.92 Å². The smallest absolute Gasteiger partial charge is 0.264 e. The molecule has 2 fully saturated rings. The van der Waals surface area contributed by atoms with Crippen molar-refractivity contribution in [1.29, 1.82) is 0 Å². The van der Waals surface area contributed by atoms with Crippen molar-refractivity contribution in [2.45, 2.75) is 32.0 Å². The van der Waals surface area contributed by atoms with Crippen molar-refractivity contribution in [2.75, 3.05) is 26.2 Å². The van der Waals surface area contributed by atoms with Crippen molar-refractivity contribution in [3.8, 4) is 0 Å². The van der Waals surface area contributed by atoms with Gasteiger partial charge in [0.25, 0.3) is 5.91 Å². The second-order valence-corrected chi connectivity index (χ2v) is 7.70. The van der Waals surface area contributed by atoms with Crippen LogP contribution in [0.15, 0.2) is 36.0 Å². The van der Waals surface area contributed by atoms with E-state index < -0.39 is 0 Å². The number of carbonyl (C=O) groups is 1. The number of fused-ring (bicyclic) bond motifs is 1. The van der Waals surface area contributed by atoms with Crippen LogP contribution in [0.25, 0.3) is 0 Å². The summed E-state index contributed by atoms with van der Waals surface area (Å²) in [5.41, 5.74) is 2.28. The minimum atomic E-state index is 0.165. The van der Waals surface area contributed by atoms with Gasteiger partial charge in [-0.1, -0.05) is 6.07 Å². The number of amides is 1. The van der Waals surface area contributed by atoms with Gasteiger partial charge in [-0.15, -0.1) is 11.3 Å². The number of rotatable bonds is 3. The first kappa shape index (κ1) is 16.7. The van der Waals surface area contributed by atoms with E-state index in [1.165, 1.54) is 16.9 Å². The van der Waals surface area contributed by atoms with Crippen molar-refractivity contribution in [3.63, 3.8) is 0 Å². The van der Waals surface area contributed by atoms with Crippen LogP contribution in [-0.2, 0) is 11.3 Å². The van der Waals surface area contributed by atoms with Crippen LogP contribution in [0.1, 0.15) is 27.2 Å². The van der Waals surface area contributed by atoms with Crippen molar-refractivity contribution in [3.05, 3.63) is 52.0 Å². The minimum Gasteiger partial charge on any atom is -0.375 e. The minimum absolute atomic E-state index is 0.165. The number of carbonyl (C=O) groups excluding carboxylic acids is 1. The topological polar surface area (TPSA) is 45.7 Å². The Labute approximate surface area is 152 Å². The zero-order chi connectivity index (χ0) is 17.2. The van der Waals surface area contributed by atoms with Crippen LogP contribution < -0.4 is 0 Å². The molecule has 0 unspecified atom stereocenters. The molecule has 2 aromatic heterocycles. The molecule has 2 aromatic rings. The van der Waals surface area contributed by atoms with E-state index in [9.17, 15) is 4.79 Å². The molecular weight excluding hydrogens is 334 g/mol. The maximum Gasteiger partial charge on any atom is 0.264 e. The molecule has 4 rings (SSSR count). The number of morpholine rings is 1. The molecule has 5 nitrogen and oxygen atoms in total. The summed E-state index contributed by atoms with van der Waals surface area (Å²) in [6.45, 7) is 6.04. The number of aromatic nitrogens is 1. The van der Waals surface area contributed by atoms with Crippen molar-refractivity contribution in [1.82, 2.24) is 14.8 Å². The summed E-state index contributed by atoms with van der Waals surface area (Å²) in [6, 6.07) is 6.36. The molecule has 0 aromatic carbocycles. The van der Waals surface area contributed by atoms with Crippen LogP contribution in [-0.4, -0.2) is 59.1 Å². The number of pyridine rings is 1. The molecule has 1 amide bonds. The third-order valence-electron chi connectivity index (χ3n) is 5.15. The SMILES string of the molecule is Cc1ccsc1C(=O)N1CC[C@@H]2OCCN(Cc3cccnc3)[C@@H]2C1. The second kappa shape index (κ2) is 7.23. The number of hydrogen-bond acceptors (Lipinski definition) is 5. The summed E-state index contributed by atoms with van der Waals surface area (Å²) >= 11 is 1.54. The maximum atomic E-state index is 12.9. The molecule has 25 heavy (non-hydrogen) atoms. The number of thiophene rings is 1. The first-order valence-corrected chi connectivity index (χ1v) is 9.68. The van der Waals surface area contributed by atoms with E-state index in [1.54, 1.807) is 6.20 Å². The van der Waals surface area contributed by atoms with Gasteiger partial charge < -0.3 is 9.64 Å². The Bertz CT molecular complexity index is 733. The summed E-state index contributed by atoms with van der Waals surface area (Å²) < 4.78 is 6.00. The summed E-state index contributed by atoms with van der Waals surface area (Å²) in [5.74, 6) is 0.165. The highest BCUT2D eigenvalue weighted by molar-refractivity contribution is 7.12. The zero-order valence-electron chi connectivity index (χ0n) is 14.4. The summed E-state index contributed by atoms with van der Waals surface area (Å²) in [7, 11) is 0. The molecule has 2 atom stereocenters. The summed E-state index contributed by atoms with van der Waals surface area (Å²) in [4.78, 5) is 22.4. The van der Waals surface area contributed by atoms with Crippen LogP contribution >= 0.6 is 11.3 Å². The molecule has 0 bridgehead atoms. The van der Waals surface area contributed by atoms with E-state index in [0.717, 1.165) is 49.6 Å². The molecule has 0 N–H and O–H groups in total. The molecule has 2 saturated heterocycles. The average Bonchev–Trinajstić information content (AvgIpc) is 3.08. The van der Waals surface area contributed by atoms with E-state index in [2.05, 4.69) is 16.0 Å². The van der Waals surface area contributed by atoms with Crippen molar-refractivity contribution >= 4 is 17.2 Å². The fraction of sp³-hybridized carbons (Fsp3) is 0.474. The number of aryl methyl sites for hydroxylation is 1. The molecule has 132 valence electrons. The van der Waals surface area contributed by atoms with E-state index >= 15 is 0 Å². The molecule has 0 saturated carbocycles. The van der Waals surface area contributed by atoms with Gasteiger partial charge in [-0.05, 0) is 42.0 Å². The number of piperidine rings is 1. The van der Waals surface area contributed by atoms with Crippen molar-refractivity contribution in [2.24, 2.45) is 0 Å². The Morgan fingerprint density at radius 1 is 1.40 bits per heavy atom. The number of hydrogen-bond donors (Lipinski definition) is 0. The molecule has 0 aliphatic carbocycles. The average molecular weight is 357 g/mol. The third kappa shape index (κ3) is 3.47. The second-order valence-electron chi connectivity index (χ2n) is 6.78. The Morgan fingerprint density at radius 3 is 3.08 bits per heavy atom. The lowest BCUT2D eigenvalue weighted by Gasteiger charge is -2.47. The van der Waals surface area contributed by atoms with Gasteiger partial charge in [-0.3, -0.25) is 14.7 Å². The lowest BCUT2D eigenvalue weighted by atomic mass is 9.97. The molecule has 6 heteroatoms. The zero-order valence-corrected chi connectivity index (χ0v) is 15.2. The molecule has 2 aliphatic heterocycles. The van der Waals surface area contributed by atoms with Crippen LogP contribution in [0.3, 0.4) is 0 Å². The van der Waals surface area contributed by atoms with Gasteiger partial charge in [0.05, 0.1) is 23.6 Å².